The van der Waals surface area contributed by atoms with E-state index in [1.54, 1.807) is 0 Å². The number of rotatable bonds is 7. The van der Waals surface area contributed by atoms with Crippen molar-refractivity contribution in [2.24, 2.45) is 0 Å². The average molecular weight is 276 g/mol. The van der Waals surface area contributed by atoms with Crippen LogP contribution < -0.4 is 10.6 Å². The Morgan fingerprint density at radius 3 is 2.83 bits per heavy atom. The Bertz CT molecular complexity index is 270. The summed E-state index contributed by atoms with van der Waals surface area (Å²) >= 11 is 1.91. The summed E-state index contributed by atoms with van der Waals surface area (Å²) in [6.45, 7) is 0.878. The molecule has 0 saturated carbocycles. The Balaban J connectivity index is 1.94. The first-order valence-electron chi connectivity index (χ1n) is 6.11. The second-order valence-corrected chi connectivity index (χ2v) is 5.48. The molecule has 0 radical (unpaired) electrons. The van der Waals surface area contributed by atoms with Crippen molar-refractivity contribution in [2.75, 3.05) is 32.1 Å². The quantitative estimate of drug-likeness (QED) is 0.595. The second-order valence-electron chi connectivity index (χ2n) is 4.07. The third-order valence-corrected chi connectivity index (χ3v) is 3.92. The fourth-order valence-electron chi connectivity index (χ4n) is 1.63. The van der Waals surface area contributed by atoms with E-state index in [2.05, 4.69) is 10.6 Å². The molecule has 7 heteroatoms. The summed E-state index contributed by atoms with van der Waals surface area (Å²) in [4.78, 5) is 21.5. The van der Waals surface area contributed by atoms with Crippen molar-refractivity contribution < 1.29 is 19.4 Å². The van der Waals surface area contributed by atoms with E-state index < -0.39 is 5.97 Å². The molecule has 0 bridgehead atoms. The summed E-state index contributed by atoms with van der Waals surface area (Å²) in [6.07, 6.45) is 3.67. The maximum absolute atomic E-state index is 11.4. The van der Waals surface area contributed by atoms with E-state index in [0.717, 1.165) is 6.42 Å². The molecule has 1 aliphatic heterocycles. The number of hydrogen-bond acceptors (Lipinski definition) is 4. The van der Waals surface area contributed by atoms with Gasteiger partial charge >= 0.3 is 12.0 Å². The van der Waals surface area contributed by atoms with E-state index in [0.29, 0.717) is 18.3 Å². The van der Waals surface area contributed by atoms with Crippen molar-refractivity contribution in [3.05, 3.63) is 0 Å². The first kappa shape index (κ1) is 15.1. The van der Waals surface area contributed by atoms with Crippen LogP contribution in [0.25, 0.3) is 0 Å². The van der Waals surface area contributed by atoms with Gasteiger partial charge in [-0.1, -0.05) is 6.42 Å². The lowest BCUT2D eigenvalue weighted by molar-refractivity contribution is -0.142. The Labute approximate surface area is 111 Å². The molecule has 1 unspecified atom stereocenters. The van der Waals surface area contributed by atoms with Gasteiger partial charge in [0.2, 0.25) is 0 Å². The maximum Gasteiger partial charge on any atom is 0.329 e. The number of urea groups is 1. The number of carboxylic acids is 1. The molecule has 1 atom stereocenters. The van der Waals surface area contributed by atoms with Crippen LogP contribution in [0.1, 0.15) is 19.3 Å². The molecule has 0 aromatic rings. The van der Waals surface area contributed by atoms with Gasteiger partial charge in [0.15, 0.2) is 0 Å². The molecule has 18 heavy (non-hydrogen) atoms. The highest BCUT2D eigenvalue weighted by Crippen LogP contribution is 2.24. The van der Waals surface area contributed by atoms with E-state index in [1.165, 1.54) is 18.6 Å². The van der Waals surface area contributed by atoms with Gasteiger partial charge in [0, 0.05) is 18.3 Å². The van der Waals surface area contributed by atoms with Crippen molar-refractivity contribution in [1.29, 1.82) is 0 Å². The van der Waals surface area contributed by atoms with Crippen LogP contribution in [0.15, 0.2) is 0 Å². The molecule has 0 aromatic heterocycles. The Morgan fingerprint density at radius 1 is 1.33 bits per heavy atom. The fraction of sp³-hybridized carbons (Fsp3) is 0.818. The molecule has 1 fully saturated rings. The van der Waals surface area contributed by atoms with Gasteiger partial charge in [-0.25, -0.2) is 9.59 Å². The SMILES string of the molecule is O=C(O)COCCNC(=O)NCC1CCCCS1. The lowest BCUT2D eigenvalue weighted by Crippen LogP contribution is -2.40. The van der Waals surface area contributed by atoms with Crippen LogP contribution in [-0.2, 0) is 9.53 Å². The van der Waals surface area contributed by atoms with E-state index in [9.17, 15) is 9.59 Å². The first-order valence-corrected chi connectivity index (χ1v) is 7.16. The van der Waals surface area contributed by atoms with Gasteiger partial charge in [-0.05, 0) is 18.6 Å². The number of hydrogen-bond donors (Lipinski definition) is 3. The van der Waals surface area contributed by atoms with Crippen LogP contribution in [0.4, 0.5) is 4.79 Å². The summed E-state index contributed by atoms with van der Waals surface area (Å²) in [7, 11) is 0. The van der Waals surface area contributed by atoms with Crippen molar-refractivity contribution >= 4 is 23.8 Å². The first-order chi connectivity index (χ1) is 8.68. The third-order valence-electron chi connectivity index (χ3n) is 2.52. The minimum Gasteiger partial charge on any atom is -0.480 e. The monoisotopic (exact) mass is 276 g/mol. The number of carbonyl (C=O) groups is 2. The molecule has 6 nitrogen and oxygen atoms in total. The molecule has 1 aliphatic rings. The Hall–Kier alpha value is -0.950. The number of carboxylic acid groups (broad SMARTS) is 1. The third kappa shape index (κ3) is 7.39. The summed E-state index contributed by atoms with van der Waals surface area (Å²) in [5.74, 6) is 0.172. The number of carbonyl (C=O) groups excluding carboxylic acids is 1. The van der Waals surface area contributed by atoms with Gasteiger partial charge in [0.05, 0.1) is 6.61 Å². The van der Waals surface area contributed by atoms with Gasteiger partial charge in [-0.2, -0.15) is 11.8 Å². The minimum atomic E-state index is -1.01. The molecule has 104 valence electrons. The molecule has 0 aromatic carbocycles. The van der Waals surface area contributed by atoms with E-state index in [-0.39, 0.29) is 19.2 Å². The number of amides is 2. The number of aliphatic carboxylic acids is 1. The largest absolute Gasteiger partial charge is 0.480 e. The molecular formula is C11H20N2O4S. The summed E-state index contributed by atoms with van der Waals surface area (Å²) in [5.41, 5.74) is 0. The van der Waals surface area contributed by atoms with E-state index in [1.807, 2.05) is 11.8 Å². The van der Waals surface area contributed by atoms with E-state index in [4.69, 9.17) is 9.84 Å². The Morgan fingerprint density at radius 2 is 2.17 bits per heavy atom. The minimum absolute atomic E-state index is 0.206. The lowest BCUT2D eigenvalue weighted by atomic mass is 10.2. The molecule has 1 saturated heterocycles. The highest BCUT2D eigenvalue weighted by molar-refractivity contribution is 7.99. The summed E-state index contributed by atoms with van der Waals surface area (Å²) < 4.78 is 4.79. The molecule has 0 aliphatic carbocycles. The van der Waals surface area contributed by atoms with Gasteiger partial charge in [0.1, 0.15) is 6.61 Å². The van der Waals surface area contributed by atoms with Crippen molar-refractivity contribution in [1.82, 2.24) is 10.6 Å². The highest BCUT2D eigenvalue weighted by atomic mass is 32.2. The molecule has 2 amide bonds. The number of thioether (sulfide) groups is 1. The van der Waals surface area contributed by atoms with Gasteiger partial charge in [-0.3, -0.25) is 0 Å². The molecule has 1 rings (SSSR count). The topological polar surface area (TPSA) is 87.7 Å². The lowest BCUT2D eigenvalue weighted by Gasteiger charge is -2.21. The van der Waals surface area contributed by atoms with Crippen LogP contribution in [0, 0.1) is 0 Å². The number of nitrogens with one attached hydrogen (secondary N) is 2. The highest BCUT2D eigenvalue weighted by Gasteiger charge is 2.14. The second kappa shape index (κ2) is 9.04. The van der Waals surface area contributed by atoms with E-state index >= 15 is 0 Å². The zero-order valence-corrected chi connectivity index (χ0v) is 11.1. The molecule has 1 heterocycles. The predicted octanol–water partition coefficient (Wildman–Crippen LogP) is 0.673. The van der Waals surface area contributed by atoms with Gasteiger partial charge in [0.25, 0.3) is 0 Å². The average Bonchev–Trinajstić information content (AvgIpc) is 2.37. The van der Waals surface area contributed by atoms with Crippen LogP contribution in [0.5, 0.6) is 0 Å². The molecule has 0 spiro atoms. The van der Waals surface area contributed by atoms with Gasteiger partial charge in [-0.15, -0.1) is 0 Å². The van der Waals surface area contributed by atoms with Crippen LogP contribution in [-0.4, -0.2) is 54.4 Å². The van der Waals surface area contributed by atoms with Gasteiger partial charge < -0.3 is 20.5 Å². The number of ether oxygens (including phenoxy) is 1. The molecular weight excluding hydrogens is 256 g/mol. The summed E-state index contributed by atoms with van der Waals surface area (Å²) in [5, 5.41) is 14.3. The summed E-state index contributed by atoms with van der Waals surface area (Å²) in [6, 6.07) is -0.222. The predicted molar refractivity (Wildman–Crippen MR) is 70.0 cm³/mol. The standard InChI is InChI=1S/C11H20N2O4S/c14-10(15)8-17-5-4-12-11(16)13-7-9-3-1-2-6-18-9/h9H,1-8H2,(H,14,15)(H2,12,13,16). The Kier molecular flexibility index (Phi) is 7.59. The van der Waals surface area contributed by atoms with Crippen LogP contribution >= 0.6 is 11.8 Å². The molecule has 3 N–H and O–H groups in total. The van der Waals surface area contributed by atoms with Crippen LogP contribution in [0.2, 0.25) is 0 Å². The van der Waals surface area contributed by atoms with Crippen molar-refractivity contribution in [3.8, 4) is 0 Å². The normalized spacial score (nSPS) is 19.2. The van der Waals surface area contributed by atoms with Crippen molar-refractivity contribution in [2.45, 2.75) is 24.5 Å². The van der Waals surface area contributed by atoms with Crippen LogP contribution in [0.3, 0.4) is 0 Å². The smallest absolute Gasteiger partial charge is 0.329 e. The van der Waals surface area contributed by atoms with Crippen molar-refractivity contribution in [3.63, 3.8) is 0 Å². The maximum atomic E-state index is 11.4. The fourth-order valence-corrected chi connectivity index (χ4v) is 2.87. The zero-order valence-electron chi connectivity index (χ0n) is 10.3. The zero-order chi connectivity index (χ0) is 13.2.